The number of amides is 2. The number of fused-ring (bicyclic) bond motifs is 1. The van der Waals surface area contributed by atoms with Crippen molar-refractivity contribution in [3.8, 4) is 10.8 Å². The summed E-state index contributed by atoms with van der Waals surface area (Å²) in [6.07, 6.45) is 0. The first-order chi connectivity index (χ1) is 13.8. The molecule has 4 rings (SSSR count). The molecule has 2 amide bonds. The van der Waals surface area contributed by atoms with Crippen LogP contribution in [0.25, 0.3) is 10.8 Å². The fourth-order valence-corrected chi connectivity index (χ4v) is 4.18. The van der Waals surface area contributed by atoms with Gasteiger partial charge < -0.3 is 14.8 Å². The van der Waals surface area contributed by atoms with Gasteiger partial charge in [0.1, 0.15) is 11.6 Å². The molecule has 0 bridgehead atoms. The Morgan fingerprint density at radius 1 is 1.21 bits per heavy atom. The van der Waals surface area contributed by atoms with Gasteiger partial charge in [-0.25, -0.2) is 14.4 Å². The van der Waals surface area contributed by atoms with Gasteiger partial charge in [-0.05, 0) is 49.6 Å². The summed E-state index contributed by atoms with van der Waals surface area (Å²) in [5.74, 6) is 0.836. The van der Waals surface area contributed by atoms with Crippen molar-refractivity contribution in [1.82, 2.24) is 23.8 Å². The number of halogens is 1. The molecule has 1 N–H and O–H groups in total. The third kappa shape index (κ3) is 3.51. The zero-order valence-electron chi connectivity index (χ0n) is 16.1. The minimum atomic E-state index is -0.392. The molecular formula is C19H19FN6O2S. The van der Waals surface area contributed by atoms with Gasteiger partial charge in [0.2, 0.25) is 5.91 Å². The van der Waals surface area contributed by atoms with E-state index in [1.807, 2.05) is 11.5 Å². The molecule has 0 fully saturated rings. The Labute approximate surface area is 170 Å². The molecule has 0 saturated carbocycles. The third-order valence-electron chi connectivity index (χ3n) is 4.80. The highest BCUT2D eigenvalue weighted by Crippen LogP contribution is 2.36. The van der Waals surface area contributed by atoms with Crippen molar-refractivity contribution in [2.45, 2.75) is 33.4 Å². The van der Waals surface area contributed by atoms with Crippen LogP contribution in [0.2, 0.25) is 0 Å². The van der Waals surface area contributed by atoms with E-state index < -0.39 is 5.82 Å². The van der Waals surface area contributed by atoms with Gasteiger partial charge in [0.25, 0.3) is 5.91 Å². The molecule has 1 aliphatic heterocycles. The third-order valence-corrected chi connectivity index (χ3v) is 5.60. The second kappa shape index (κ2) is 7.36. The largest absolute Gasteiger partial charge is 0.328 e. The van der Waals surface area contributed by atoms with Crippen LogP contribution in [0.1, 0.15) is 41.8 Å². The van der Waals surface area contributed by atoms with Gasteiger partial charge in [0, 0.05) is 25.6 Å². The lowest BCUT2D eigenvalue weighted by molar-refractivity contribution is -0.114. The number of rotatable bonds is 3. The molecule has 150 valence electrons. The minimum absolute atomic E-state index is 0.202. The molecule has 0 aliphatic carbocycles. The van der Waals surface area contributed by atoms with Crippen LogP contribution in [-0.4, -0.2) is 42.2 Å². The summed E-state index contributed by atoms with van der Waals surface area (Å²) in [6.45, 7) is 6.04. The molecule has 0 spiro atoms. The van der Waals surface area contributed by atoms with Gasteiger partial charge in [-0.2, -0.15) is 4.37 Å². The summed E-state index contributed by atoms with van der Waals surface area (Å²) >= 11 is 1.24. The SMILES string of the molecule is CC(=O)Nc1nc(-c2nc(C)ns2)n2c1[C@@H](C)N(C(=O)c1ccc(F)cc1)CC2. The van der Waals surface area contributed by atoms with E-state index in [1.54, 1.807) is 11.8 Å². The first-order valence-electron chi connectivity index (χ1n) is 9.10. The van der Waals surface area contributed by atoms with Gasteiger partial charge in [0.15, 0.2) is 16.6 Å². The second-order valence-electron chi connectivity index (χ2n) is 6.83. The van der Waals surface area contributed by atoms with Gasteiger partial charge in [-0.3, -0.25) is 9.59 Å². The summed E-state index contributed by atoms with van der Waals surface area (Å²) in [5, 5.41) is 3.42. The number of nitrogens with one attached hydrogen (secondary N) is 1. The number of aromatic nitrogens is 4. The maximum Gasteiger partial charge on any atom is 0.254 e. The zero-order valence-corrected chi connectivity index (χ0v) is 17.0. The van der Waals surface area contributed by atoms with Gasteiger partial charge in [-0.1, -0.05) is 0 Å². The maximum absolute atomic E-state index is 13.2. The molecule has 1 aliphatic rings. The number of benzene rings is 1. The fourth-order valence-electron chi connectivity index (χ4n) is 3.51. The van der Waals surface area contributed by atoms with E-state index in [0.29, 0.717) is 41.1 Å². The Bertz CT molecular complexity index is 1090. The monoisotopic (exact) mass is 414 g/mol. The first-order valence-corrected chi connectivity index (χ1v) is 9.87. The average molecular weight is 414 g/mol. The number of carbonyl (C=O) groups is 2. The molecule has 29 heavy (non-hydrogen) atoms. The predicted octanol–water partition coefficient (Wildman–Crippen LogP) is 3.02. The predicted molar refractivity (Wildman–Crippen MR) is 106 cm³/mol. The van der Waals surface area contributed by atoms with Crippen molar-refractivity contribution in [2.24, 2.45) is 0 Å². The van der Waals surface area contributed by atoms with E-state index in [2.05, 4.69) is 19.7 Å². The number of nitrogens with zero attached hydrogens (tertiary/aromatic N) is 5. The summed E-state index contributed by atoms with van der Waals surface area (Å²) in [5.41, 5.74) is 1.14. The normalized spacial score (nSPS) is 15.9. The molecule has 3 heterocycles. The maximum atomic E-state index is 13.2. The lowest BCUT2D eigenvalue weighted by Gasteiger charge is -2.35. The lowest BCUT2D eigenvalue weighted by atomic mass is 10.1. The highest BCUT2D eigenvalue weighted by molar-refractivity contribution is 7.09. The smallest absolute Gasteiger partial charge is 0.254 e. The Morgan fingerprint density at radius 2 is 1.93 bits per heavy atom. The Balaban J connectivity index is 1.74. The molecule has 1 atom stereocenters. The molecular weight excluding hydrogens is 395 g/mol. The van der Waals surface area contributed by atoms with Crippen LogP contribution in [0, 0.1) is 12.7 Å². The standard InChI is InChI=1S/C19H19FN6O2S/c1-10-15-16(22-12(3)27)23-17(18-21-11(2)24-29-18)26(15)9-8-25(10)19(28)13-4-6-14(20)7-5-13/h4-7,10H,8-9H2,1-3H3,(H,22,27)/t10-/m1/s1. The van der Waals surface area contributed by atoms with Crippen LogP contribution >= 0.6 is 11.5 Å². The Kier molecular flexibility index (Phi) is 4.87. The van der Waals surface area contributed by atoms with Gasteiger partial charge >= 0.3 is 0 Å². The van der Waals surface area contributed by atoms with E-state index in [0.717, 1.165) is 5.69 Å². The van der Waals surface area contributed by atoms with E-state index in [4.69, 9.17) is 0 Å². The molecule has 2 aromatic heterocycles. The van der Waals surface area contributed by atoms with Crippen LogP contribution in [-0.2, 0) is 11.3 Å². The topological polar surface area (TPSA) is 93.0 Å². The van der Waals surface area contributed by atoms with Crippen molar-refractivity contribution in [1.29, 1.82) is 0 Å². The number of hydrogen-bond donors (Lipinski definition) is 1. The number of anilines is 1. The number of aryl methyl sites for hydroxylation is 1. The molecule has 1 aromatic carbocycles. The molecule has 0 unspecified atom stereocenters. The number of carbonyl (C=O) groups excluding carboxylic acids is 2. The molecule has 0 saturated heterocycles. The van der Waals surface area contributed by atoms with Crippen LogP contribution in [0.15, 0.2) is 24.3 Å². The van der Waals surface area contributed by atoms with Gasteiger partial charge in [0.05, 0.1) is 11.7 Å². The van der Waals surface area contributed by atoms with Crippen LogP contribution in [0.3, 0.4) is 0 Å². The quantitative estimate of drug-likeness (QED) is 0.711. The number of imidazole rings is 1. The second-order valence-corrected chi connectivity index (χ2v) is 7.58. The van der Waals surface area contributed by atoms with E-state index >= 15 is 0 Å². The molecule has 8 nitrogen and oxygen atoms in total. The molecule has 0 radical (unpaired) electrons. The Hall–Kier alpha value is -3.14. The van der Waals surface area contributed by atoms with Crippen LogP contribution in [0.5, 0.6) is 0 Å². The van der Waals surface area contributed by atoms with Crippen molar-refractivity contribution >= 4 is 29.2 Å². The minimum Gasteiger partial charge on any atom is -0.328 e. The van der Waals surface area contributed by atoms with Crippen molar-refractivity contribution < 1.29 is 14.0 Å². The average Bonchev–Trinajstić information content (AvgIpc) is 3.26. The Morgan fingerprint density at radius 3 is 2.55 bits per heavy atom. The van der Waals surface area contributed by atoms with Gasteiger partial charge in [-0.15, -0.1) is 0 Å². The highest BCUT2D eigenvalue weighted by Gasteiger charge is 2.34. The van der Waals surface area contributed by atoms with Crippen LogP contribution in [0.4, 0.5) is 10.2 Å². The van der Waals surface area contributed by atoms with Crippen molar-refractivity contribution in [2.75, 3.05) is 11.9 Å². The molecule has 3 aromatic rings. The lowest BCUT2D eigenvalue weighted by Crippen LogP contribution is -2.41. The summed E-state index contributed by atoms with van der Waals surface area (Å²) in [6, 6.07) is 5.13. The number of hydrogen-bond acceptors (Lipinski definition) is 6. The van der Waals surface area contributed by atoms with E-state index in [9.17, 15) is 14.0 Å². The van der Waals surface area contributed by atoms with E-state index in [1.165, 1.54) is 42.7 Å². The van der Waals surface area contributed by atoms with Crippen molar-refractivity contribution in [3.63, 3.8) is 0 Å². The van der Waals surface area contributed by atoms with E-state index in [-0.39, 0.29) is 17.9 Å². The summed E-state index contributed by atoms with van der Waals surface area (Å²) in [7, 11) is 0. The molecule has 10 heteroatoms. The summed E-state index contributed by atoms with van der Waals surface area (Å²) < 4.78 is 19.4. The first kappa shape index (κ1) is 19.2. The fraction of sp³-hybridized carbons (Fsp3) is 0.316. The van der Waals surface area contributed by atoms with Crippen molar-refractivity contribution in [3.05, 3.63) is 47.2 Å². The highest BCUT2D eigenvalue weighted by atomic mass is 32.1. The van der Waals surface area contributed by atoms with Crippen LogP contribution < -0.4 is 5.32 Å². The zero-order chi connectivity index (χ0) is 20.7. The summed E-state index contributed by atoms with van der Waals surface area (Å²) in [4.78, 5) is 35.4.